The van der Waals surface area contributed by atoms with E-state index in [9.17, 15) is 14.4 Å². The van der Waals surface area contributed by atoms with Gasteiger partial charge in [0.15, 0.2) is 0 Å². The number of hydroxylamine groups is 2. The molecule has 0 spiro atoms. The fourth-order valence-electron chi connectivity index (χ4n) is 1.59. The lowest BCUT2D eigenvalue weighted by molar-refractivity contribution is -0.179. The van der Waals surface area contributed by atoms with E-state index in [1.807, 2.05) is 0 Å². The molecule has 0 saturated carbocycles. The fourth-order valence-corrected chi connectivity index (χ4v) is 1.91. The van der Waals surface area contributed by atoms with Gasteiger partial charge in [0, 0.05) is 0 Å². The average molecular weight is 281 g/mol. The Balaban J connectivity index is 2.33. The van der Waals surface area contributed by atoms with E-state index < -0.39 is 22.7 Å². The molecule has 1 unspecified atom stereocenters. The minimum Gasteiger partial charge on any atom is -0.478 e. The highest BCUT2D eigenvalue weighted by Crippen LogP contribution is 2.30. The normalized spacial score (nSPS) is 17.3. The van der Waals surface area contributed by atoms with E-state index in [4.69, 9.17) is 9.94 Å². The summed E-state index contributed by atoms with van der Waals surface area (Å²) >= 11 is 0.882. The molecular formula is C12H11NO5S. The van der Waals surface area contributed by atoms with Crippen molar-refractivity contribution in [1.82, 2.24) is 5.06 Å². The Morgan fingerprint density at radius 3 is 2.11 bits per heavy atom. The van der Waals surface area contributed by atoms with E-state index in [2.05, 4.69) is 0 Å². The van der Waals surface area contributed by atoms with Crippen LogP contribution >= 0.6 is 11.8 Å². The summed E-state index contributed by atoms with van der Waals surface area (Å²) in [4.78, 5) is 38.5. The van der Waals surface area contributed by atoms with Crippen LogP contribution < -0.4 is 0 Å². The minimum absolute atomic E-state index is 0.210. The highest BCUT2D eigenvalue weighted by molar-refractivity contribution is 8.00. The molecule has 0 saturated heterocycles. The molecule has 1 aliphatic heterocycles. The molecular weight excluding hydrogens is 270 g/mol. The zero-order valence-corrected chi connectivity index (χ0v) is 11.1. The number of fused-ring (bicyclic) bond motifs is 1. The van der Waals surface area contributed by atoms with Crippen molar-refractivity contribution in [3.8, 4) is 0 Å². The van der Waals surface area contributed by atoms with Gasteiger partial charge in [0.2, 0.25) is 4.93 Å². The van der Waals surface area contributed by atoms with E-state index in [1.54, 1.807) is 12.1 Å². The molecule has 0 aromatic heterocycles. The molecule has 0 radical (unpaired) electrons. The topological polar surface area (TPSA) is 83.9 Å². The van der Waals surface area contributed by atoms with Gasteiger partial charge in [-0.1, -0.05) is 12.1 Å². The van der Waals surface area contributed by atoms with Crippen molar-refractivity contribution >= 4 is 29.5 Å². The van der Waals surface area contributed by atoms with Gasteiger partial charge < -0.3 is 5.11 Å². The summed E-state index contributed by atoms with van der Waals surface area (Å²) in [6, 6.07) is 6.24. The average Bonchev–Trinajstić information content (AvgIpc) is 2.64. The fraction of sp³-hybridized carbons (Fsp3) is 0.250. The lowest BCUT2D eigenvalue weighted by Crippen LogP contribution is -2.44. The summed E-state index contributed by atoms with van der Waals surface area (Å²) in [7, 11) is 0. The number of benzene rings is 1. The van der Waals surface area contributed by atoms with E-state index in [0.29, 0.717) is 5.06 Å². The number of carboxylic acids is 1. The third kappa shape index (κ3) is 2.11. The molecule has 2 amide bonds. The van der Waals surface area contributed by atoms with Gasteiger partial charge in [0.1, 0.15) is 0 Å². The molecule has 0 fully saturated rings. The van der Waals surface area contributed by atoms with E-state index >= 15 is 0 Å². The Labute approximate surface area is 113 Å². The molecule has 19 heavy (non-hydrogen) atoms. The van der Waals surface area contributed by atoms with Crippen molar-refractivity contribution < 1.29 is 24.3 Å². The van der Waals surface area contributed by atoms with Gasteiger partial charge in [-0.05, 0) is 25.3 Å². The van der Waals surface area contributed by atoms with Crippen molar-refractivity contribution in [1.29, 1.82) is 0 Å². The largest absolute Gasteiger partial charge is 0.478 e. The second-order valence-corrected chi connectivity index (χ2v) is 5.18. The number of nitrogens with zero attached hydrogens (tertiary/aromatic N) is 1. The summed E-state index contributed by atoms with van der Waals surface area (Å²) in [6.07, 6.45) is 1.52. The summed E-state index contributed by atoms with van der Waals surface area (Å²) in [5.74, 6) is -2.57. The first kappa shape index (κ1) is 13.6. The van der Waals surface area contributed by atoms with Crippen molar-refractivity contribution in [3.63, 3.8) is 0 Å². The number of thioether (sulfide) groups is 1. The number of hydrogen-bond donors (Lipinski definition) is 1. The second kappa shape index (κ2) is 4.67. The molecule has 1 heterocycles. The van der Waals surface area contributed by atoms with Crippen molar-refractivity contribution in [2.24, 2.45) is 0 Å². The maximum Gasteiger partial charge on any atom is 0.349 e. The molecule has 1 atom stereocenters. The van der Waals surface area contributed by atoms with Crippen molar-refractivity contribution in [3.05, 3.63) is 35.4 Å². The minimum atomic E-state index is -1.70. The van der Waals surface area contributed by atoms with Gasteiger partial charge in [-0.25, -0.2) is 9.63 Å². The summed E-state index contributed by atoms with van der Waals surface area (Å²) in [5.41, 5.74) is 0.419. The predicted molar refractivity (Wildman–Crippen MR) is 67.6 cm³/mol. The molecule has 7 heteroatoms. The van der Waals surface area contributed by atoms with Crippen molar-refractivity contribution in [2.75, 3.05) is 6.26 Å². The zero-order valence-electron chi connectivity index (χ0n) is 10.2. The lowest BCUT2D eigenvalue weighted by Gasteiger charge is -2.26. The Kier molecular flexibility index (Phi) is 3.34. The van der Waals surface area contributed by atoms with Crippen molar-refractivity contribution in [2.45, 2.75) is 11.9 Å². The van der Waals surface area contributed by atoms with Crippen LogP contribution in [0.5, 0.6) is 0 Å². The van der Waals surface area contributed by atoms with E-state index in [1.165, 1.54) is 25.3 Å². The van der Waals surface area contributed by atoms with Crippen LogP contribution in [0, 0.1) is 0 Å². The number of hydrogen-bond acceptors (Lipinski definition) is 5. The monoisotopic (exact) mass is 281 g/mol. The smallest absolute Gasteiger partial charge is 0.349 e. The van der Waals surface area contributed by atoms with Crippen LogP contribution in [0.3, 0.4) is 0 Å². The Morgan fingerprint density at radius 1 is 1.26 bits per heavy atom. The molecule has 0 bridgehead atoms. The maximum atomic E-state index is 12.0. The standard InChI is InChI=1S/C12H11NO5S/c1-12(19-2,11(16)17)18-13-9(14)7-5-3-4-6-8(7)10(13)15/h3-6H,1-2H3,(H,16,17). The van der Waals surface area contributed by atoms with Crippen LogP contribution in [0.15, 0.2) is 24.3 Å². The Hall–Kier alpha value is -1.86. The molecule has 1 aliphatic rings. The number of carbonyl (C=O) groups excluding carboxylic acids is 2. The summed E-state index contributed by atoms with van der Waals surface area (Å²) in [6.45, 7) is 1.28. The predicted octanol–water partition coefficient (Wildman–Crippen LogP) is 1.38. The molecule has 100 valence electrons. The van der Waals surface area contributed by atoms with Gasteiger partial charge in [-0.2, -0.15) is 0 Å². The first-order valence-corrected chi connectivity index (χ1v) is 6.58. The Bertz CT molecular complexity index is 538. The number of carbonyl (C=O) groups is 3. The first-order valence-electron chi connectivity index (χ1n) is 5.36. The Morgan fingerprint density at radius 2 is 1.74 bits per heavy atom. The number of aliphatic carboxylic acids is 1. The second-order valence-electron chi connectivity index (χ2n) is 4.00. The third-order valence-electron chi connectivity index (χ3n) is 2.80. The van der Waals surface area contributed by atoms with Gasteiger partial charge in [0.05, 0.1) is 11.1 Å². The molecule has 2 rings (SSSR count). The van der Waals surface area contributed by atoms with Gasteiger partial charge in [-0.3, -0.25) is 9.59 Å². The number of amides is 2. The first-order chi connectivity index (χ1) is 8.90. The molecule has 1 aromatic carbocycles. The SMILES string of the molecule is CSC(C)(ON1C(=O)c2ccccc2C1=O)C(=O)O. The van der Waals surface area contributed by atoms with E-state index in [-0.39, 0.29) is 11.1 Å². The number of carboxylic acid groups (broad SMARTS) is 1. The van der Waals surface area contributed by atoms with Crippen LogP contribution in [0.1, 0.15) is 27.6 Å². The molecule has 1 aromatic rings. The third-order valence-corrected chi connectivity index (χ3v) is 3.83. The molecule has 6 nitrogen and oxygen atoms in total. The number of rotatable bonds is 4. The molecule has 1 N–H and O–H groups in total. The van der Waals surface area contributed by atoms with Gasteiger partial charge >= 0.3 is 5.97 Å². The molecule has 0 aliphatic carbocycles. The highest BCUT2D eigenvalue weighted by Gasteiger charge is 2.44. The number of imide groups is 1. The van der Waals surface area contributed by atoms with Gasteiger partial charge in [0.25, 0.3) is 11.8 Å². The van der Waals surface area contributed by atoms with Crippen LogP contribution in [0.4, 0.5) is 0 Å². The quantitative estimate of drug-likeness (QED) is 0.663. The van der Waals surface area contributed by atoms with Crippen LogP contribution in [0.25, 0.3) is 0 Å². The van der Waals surface area contributed by atoms with Crippen LogP contribution in [-0.4, -0.2) is 39.1 Å². The summed E-state index contributed by atoms with van der Waals surface area (Å²) in [5, 5.41) is 9.60. The highest BCUT2D eigenvalue weighted by atomic mass is 32.2. The summed E-state index contributed by atoms with van der Waals surface area (Å²) < 4.78 is 0. The lowest BCUT2D eigenvalue weighted by atomic mass is 10.1. The maximum absolute atomic E-state index is 12.0. The van der Waals surface area contributed by atoms with E-state index in [0.717, 1.165) is 11.8 Å². The zero-order chi connectivity index (χ0) is 14.2. The van der Waals surface area contributed by atoms with Gasteiger partial charge in [-0.15, -0.1) is 16.8 Å². The van der Waals surface area contributed by atoms with Crippen LogP contribution in [-0.2, 0) is 9.63 Å². The van der Waals surface area contributed by atoms with Crippen LogP contribution in [0.2, 0.25) is 0 Å².